The number of fused-ring (bicyclic) bond motifs is 1. The summed E-state index contributed by atoms with van der Waals surface area (Å²) in [5, 5.41) is 48.4. The van der Waals surface area contributed by atoms with Gasteiger partial charge in [0.25, 0.3) is 0 Å². The third-order valence-electron chi connectivity index (χ3n) is 9.42. The van der Waals surface area contributed by atoms with Crippen molar-refractivity contribution in [2.45, 2.75) is 103 Å². The quantitative estimate of drug-likeness (QED) is 0.0510. The average molecular weight is 871 g/mol. The predicted octanol–water partition coefficient (Wildman–Crippen LogP) is 6.69. The molecule has 0 spiro atoms. The molecule has 1 aromatic heterocycles. The van der Waals surface area contributed by atoms with Crippen molar-refractivity contribution in [3.63, 3.8) is 0 Å². The summed E-state index contributed by atoms with van der Waals surface area (Å²) >= 11 is 0. The van der Waals surface area contributed by atoms with Crippen LogP contribution in [0.15, 0.2) is 88.7 Å². The average Bonchev–Trinajstić information content (AvgIpc) is 3.59. The second kappa shape index (κ2) is 20.8. The summed E-state index contributed by atoms with van der Waals surface area (Å²) in [4.78, 5) is 67.6. The van der Waals surface area contributed by atoms with Gasteiger partial charge in [-0.15, -0.1) is 0 Å². The molecule has 0 atom stereocenters. The zero-order valence-electron chi connectivity index (χ0n) is 36.1. The van der Waals surface area contributed by atoms with Gasteiger partial charge >= 0.3 is 23.9 Å². The van der Waals surface area contributed by atoms with E-state index in [0.717, 1.165) is 5.56 Å². The maximum absolute atomic E-state index is 12.1. The van der Waals surface area contributed by atoms with E-state index >= 15 is 0 Å². The highest BCUT2D eigenvalue weighted by molar-refractivity contribution is 6.19. The van der Waals surface area contributed by atoms with Crippen molar-refractivity contribution in [2.75, 3.05) is 0 Å². The lowest BCUT2D eigenvalue weighted by atomic mass is 9.92. The molecule has 0 amide bonds. The zero-order valence-corrected chi connectivity index (χ0v) is 36.1. The van der Waals surface area contributed by atoms with Gasteiger partial charge in [-0.05, 0) is 94.6 Å². The van der Waals surface area contributed by atoms with Crippen molar-refractivity contribution in [2.24, 2.45) is 0 Å². The van der Waals surface area contributed by atoms with E-state index in [9.17, 15) is 33.9 Å². The van der Waals surface area contributed by atoms with Crippen LogP contribution in [0.25, 0.3) is 0 Å². The van der Waals surface area contributed by atoms with E-state index in [-0.39, 0.29) is 48.8 Å². The number of hydrogen-bond donors (Lipinski definition) is 2. The largest absolute Gasteiger partial charge is 0.511 e. The fraction of sp³-hybridized carbons (Fsp3) is 0.333. The molecule has 16 heteroatoms. The van der Waals surface area contributed by atoms with Gasteiger partial charge in [-0.25, -0.2) is 9.59 Å². The smallest absolute Gasteiger partial charge is 0.345 e. The third kappa shape index (κ3) is 14.4. The Morgan fingerprint density at radius 3 is 1.53 bits per heavy atom. The van der Waals surface area contributed by atoms with E-state index in [4.69, 9.17) is 39.6 Å². The molecule has 0 unspecified atom stereocenters. The molecule has 16 nitrogen and oxygen atoms in total. The lowest BCUT2D eigenvalue weighted by molar-refractivity contribution is -0.166. The van der Waals surface area contributed by atoms with Crippen LogP contribution in [-0.4, -0.2) is 67.6 Å². The number of aliphatic hydroxyl groups is 1. The number of carbonyl (C=O) groups excluding carboxylic acids is 5. The lowest BCUT2D eigenvalue weighted by Crippen LogP contribution is -2.39. The van der Waals surface area contributed by atoms with Crippen LogP contribution in [0.2, 0.25) is 0 Å². The van der Waals surface area contributed by atoms with Crippen LogP contribution in [-0.2, 0) is 63.9 Å². The summed E-state index contributed by atoms with van der Waals surface area (Å²) in [5.74, 6) is -2.67. The van der Waals surface area contributed by atoms with Crippen LogP contribution < -0.4 is 0 Å². The van der Waals surface area contributed by atoms with E-state index in [1.165, 1.54) is 0 Å². The number of hydrogen-bond acceptors (Lipinski definition) is 15. The number of aliphatic carboxylic acids is 1. The number of carbonyl (C=O) groups is 6. The molecule has 0 aliphatic carbocycles. The number of nitriles is 3. The topological polar surface area (TPSA) is 268 Å². The molecule has 2 saturated heterocycles. The molecular weight excluding hydrogens is 825 g/mol. The summed E-state index contributed by atoms with van der Waals surface area (Å²) in [6.45, 7) is 10.5. The summed E-state index contributed by atoms with van der Waals surface area (Å²) < 4.78 is 20.7. The molecule has 3 aliphatic heterocycles. The van der Waals surface area contributed by atoms with Crippen LogP contribution in [0.1, 0.15) is 116 Å². The molecule has 0 bridgehead atoms. The Kier molecular flexibility index (Phi) is 15.8. The first-order valence-electron chi connectivity index (χ1n) is 19.8. The number of carboxylic acid groups (broad SMARTS) is 1. The SMILES string of the molecule is CC1(C)CC(=O)C(=C(O)Cc2ccc(C#N)cc2)C(=O)O1.CC1(C)CC(=O)CC(=O)O1.CC1(C)Cc2noc(Cc3ccc(C#N)cc3)c2C(=O)O1.N#Cc1ccc(CC(=O)O)cc1. The molecule has 2 fully saturated rings. The third-order valence-corrected chi connectivity index (χ3v) is 9.42. The maximum atomic E-state index is 12.1. The van der Waals surface area contributed by atoms with Gasteiger partial charge in [0.1, 0.15) is 51.6 Å². The maximum Gasteiger partial charge on any atom is 0.345 e. The number of allylic oxidation sites excluding steroid dienone is 1. The minimum Gasteiger partial charge on any atom is -0.511 e. The molecule has 4 aromatic rings. The first-order valence-corrected chi connectivity index (χ1v) is 19.8. The van der Waals surface area contributed by atoms with Crippen molar-refractivity contribution in [1.82, 2.24) is 5.16 Å². The van der Waals surface area contributed by atoms with Crippen LogP contribution in [0.3, 0.4) is 0 Å². The van der Waals surface area contributed by atoms with Crippen LogP contribution in [0, 0.1) is 34.0 Å². The molecule has 3 aromatic carbocycles. The van der Waals surface area contributed by atoms with Crippen molar-refractivity contribution in [3.05, 3.63) is 135 Å². The minimum absolute atomic E-state index is 0.00566. The van der Waals surface area contributed by atoms with Crippen molar-refractivity contribution >= 4 is 35.4 Å². The first kappa shape index (κ1) is 48.8. The van der Waals surface area contributed by atoms with E-state index < -0.39 is 40.5 Å². The summed E-state index contributed by atoms with van der Waals surface area (Å²) in [7, 11) is 0. The highest BCUT2D eigenvalue weighted by atomic mass is 16.6. The van der Waals surface area contributed by atoms with Gasteiger partial charge in [0, 0.05) is 25.7 Å². The van der Waals surface area contributed by atoms with Crippen LogP contribution >= 0.6 is 0 Å². The second-order valence-electron chi connectivity index (χ2n) is 16.8. The standard InChI is InChI=1S/C16H14N2O3.C16H15NO4.C9H7NO2.C7H10O3/c1-16(2)8-12-14(15(19)20-16)13(21-18-12)7-10-3-5-11(9-17)6-4-10;1-16(2)8-13(19)14(15(20)21-16)12(18)7-10-3-5-11(9-17)6-4-10;10-6-8-3-1-7(2-4-8)5-9(11)12;1-7(2)4-5(8)3-6(9)10-7/h3-6H,7-8H2,1-2H3;3-6,18H,7-8H2,1-2H3;1-4H,5H2,(H,11,12);3-4H2,1-2H3. The molecule has 2 N–H and O–H groups in total. The number of cyclic esters (lactones) is 3. The summed E-state index contributed by atoms with van der Waals surface area (Å²) in [6.07, 6.45) is 1.39. The fourth-order valence-electron chi connectivity index (χ4n) is 6.59. The van der Waals surface area contributed by atoms with E-state index in [2.05, 4.69) is 11.2 Å². The number of ketones is 2. The highest BCUT2D eigenvalue weighted by Crippen LogP contribution is 2.31. The molecule has 0 radical (unpaired) electrons. The van der Waals surface area contributed by atoms with E-state index in [1.807, 2.05) is 38.1 Å². The second-order valence-corrected chi connectivity index (χ2v) is 16.8. The van der Waals surface area contributed by atoms with Gasteiger partial charge in [-0.1, -0.05) is 41.6 Å². The number of ether oxygens (including phenoxy) is 3. The zero-order chi connectivity index (χ0) is 47.4. The monoisotopic (exact) mass is 870 g/mol. The Hall–Kier alpha value is -7.90. The minimum atomic E-state index is -0.861. The summed E-state index contributed by atoms with van der Waals surface area (Å²) in [5.41, 5.74) is 2.85. The number of aromatic nitrogens is 1. The number of esters is 3. The van der Waals surface area contributed by atoms with E-state index in [0.29, 0.717) is 64.1 Å². The Morgan fingerprint density at radius 2 is 1.08 bits per heavy atom. The number of aliphatic hydroxyl groups excluding tert-OH is 1. The number of Topliss-reactive ketones (excluding diaryl/α,β-unsaturated/α-hetero) is 2. The van der Waals surface area contributed by atoms with Crippen molar-refractivity contribution in [3.8, 4) is 18.2 Å². The number of benzene rings is 3. The van der Waals surface area contributed by atoms with E-state index in [1.54, 1.807) is 88.4 Å². The molecule has 3 aliphatic rings. The van der Waals surface area contributed by atoms with Crippen molar-refractivity contribution in [1.29, 1.82) is 15.8 Å². The molecule has 7 rings (SSSR count). The van der Waals surface area contributed by atoms with Gasteiger partial charge in [-0.2, -0.15) is 15.8 Å². The number of nitrogens with zero attached hydrogens (tertiary/aromatic N) is 4. The Morgan fingerprint density at radius 1 is 0.625 bits per heavy atom. The lowest BCUT2D eigenvalue weighted by Gasteiger charge is -2.29. The molecule has 64 heavy (non-hydrogen) atoms. The Balaban J connectivity index is 0.000000196. The van der Waals surface area contributed by atoms with Gasteiger partial charge in [0.15, 0.2) is 11.5 Å². The first-order chi connectivity index (χ1) is 30.0. The Labute approximate surface area is 369 Å². The number of carboxylic acids is 1. The van der Waals surface area contributed by atoms with Crippen LogP contribution in [0.4, 0.5) is 0 Å². The summed E-state index contributed by atoms with van der Waals surface area (Å²) in [6, 6.07) is 26.2. The Bertz CT molecular complexity index is 2540. The predicted molar refractivity (Wildman–Crippen MR) is 225 cm³/mol. The molecule has 330 valence electrons. The number of rotatable bonds is 6. The molecule has 0 saturated carbocycles. The normalized spacial score (nSPS) is 17.1. The van der Waals surface area contributed by atoms with Gasteiger partial charge < -0.3 is 28.9 Å². The van der Waals surface area contributed by atoms with Crippen molar-refractivity contribution < 1.29 is 57.7 Å². The van der Waals surface area contributed by atoms with Gasteiger partial charge in [0.05, 0.1) is 47.7 Å². The van der Waals surface area contributed by atoms with Gasteiger partial charge in [-0.3, -0.25) is 19.2 Å². The molecule has 4 heterocycles. The fourth-order valence-corrected chi connectivity index (χ4v) is 6.59. The van der Waals surface area contributed by atoms with Gasteiger partial charge in [0.2, 0.25) is 0 Å². The highest BCUT2D eigenvalue weighted by Gasteiger charge is 2.40. The molecular formula is C48H46N4O12. The van der Waals surface area contributed by atoms with Crippen LogP contribution in [0.5, 0.6) is 0 Å².